The maximum absolute atomic E-state index is 11.5. The minimum absolute atomic E-state index is 0.0408. The summed E-state index contributed by atoms with van der Waals surface area (Å²) in [7, 11) is 1.79. The summed E-state index contributed by atoms with van der Waals surface area (Å²) in [5.74, 6) is -0.222. The molecule has 8 heteroatoms. The number of carboxylic acids is 1. The van der Waals surface area contributed by atoms with Crippen molar-refractivity contribution in [2.75, 3.05) is 6.54 Å². The summed E-state index contributed by atoms with van der Waals surface area (Å²) in [6.07, 6.45) is 2.00. The van der Waals surface area contributed by atoms with Gasteiger partial charge in [-0.05, 0) is 13.3 Å². The van der Waals surface area contributed by atoms with Gasteiger partial charge in [-0.25, -0.2) is 4.79 Å². The third-order valence-corrected chi connectivity index (χ3v) is 2.33. The van der Waals surface area contributed by atoms with Gasteiger partial charge in [0.25, 0.3) is 0 Å². The lowest BCUT2D eigenvalue weighted by Gasteiger charge is -2.13. The highest BCUT2D eigenvalue weighted by Crippen LogP contribution is 2.06. The predicted octanol–water partition coefficient (Wildman–Crippen LogP) is 0.0401. The number of aryl methyl sites for hydroxylation is 1. The zero-order chi connectivity index (χ0) is 13.5. The Hall–Kier alpha value is -2.12. The number of carboxylic acid groups (broad SMARTS) is 1. The first-order chi connectivity index (χ1) is 8.50. The van der Waals surface area contributed by atoms with Gasteiger partial charge in [-0.15, -0.1) is 10.2 Å². The molecule has 1 aromatic rings. The van der Waals surface area contributed by atoms with Crippen LogP contribution < -0.4 is 10.6 Å². The Balaban J connectivity index is 2.28. The van der Waals surface area contributed by atoms with Crippen molar-refractivity contribution in [2.45, 2.75) is 25.8 Å². The number of carbonyl (C=O) groups is 2. The van der Waals surface area contributed by atoms with Crippen molar-refractivity contribution >= 4 is 12.0 Å². The number of aromatic nitrogens is 3. The van der Waals surface area contributed by atoms with E-state index in [1.54, 1.807) is 24.9 Å². The first-order valence-corrected chi connectivity index (χ1v) is 5.60. The summed E-state index contributed by atoms with van der Waals surface area (Å²) in [6.45, 7) is 2.12. The van der Waals surface area contributed by atoms with Crippen molar-refractivity contribution in [2.24, 2.45) is 7.05 Å². The van der Waals surface area contributed by atoms with E-state index >= 15 is 0 Å². The van der Waals surface area contributed by atoms with Gasteiger partial charge in [-0.1, -0.05) is 0 Å². The van der Waals surface area contributed by atoms with E-state index in [2.05, 4.69) is 20.8 Å². The molecule has 1 rings (SSSR count). The molecule has 1 atom stereocenters. The van der Waals surface area contributed by atoms with Crippen LogP contribution in [-0.2, 0) is 11.8 Å². The molecular weight excluding hydrogens is 238 g/mol. The number of urea groups is 1. The number of amides is 2. The highest BCUT2D eigenvalue weighted by atomic mass is 16.4. The van der Waals surface area contributed by atoms with E-state index in [4.69, 9.17) is 5.11 Å². The Morgan fingerprint density at radius 3 is 2.83 bits per heavy atom. The van der Waals surface area contributed by atoms with Gasteiger partial charge in [-0.2, -0.15) is 0 Å². The summed E-state index contributed by atoms with van der Waals surface area (Å²) in [5.41, 5.74) is 0. The molecule has 0 saturated carbocycles. The van der Waals surface area contributed by atoms with Gasteiger partial charge in [0.05, 0.1) is 6.04 Å². The summed E-state index contributed by atoms with van der Waals surface area (Å²) >= 11 is 0. The van der Waals surface area contributed by atoms with Gasteiger partial charge >= 0.3 is 12.0 Å². The Labute approximate surface area is 104 Å². The van der Waals surface area contributed by atoms with Gasteiger partial charge in [-0.3, -0.25) is 4.79 Å². The highest BCUT2D eigenvalue weighted by Gasteiger charge is 2.13. The quantitative estimate of drug-likeness (QED) is 0.622. The molecular formula is C10H17N5O3. The fourth-order valence-electron chi connectivity index (χ4n) is 1.44. The lowest BCUT2D eigenvalue weighted by Crippen LogP contribution is -2.38. The minimum atomic E-state index is -0.871. The molecule has 2 amide bonds. The lowest BCUT2D eigenvalue weighted by molar-refractivity contribution is -0.137. The second-order valence-electron chi connectivity index (χ2n) is 3.92. The van der Waals surface area contributed by atoms with Crippen LogP contribution in [0.3, 0.4) is 0 Å². The molecule has 3 N–H and O–H groups in total. The smallest absolute Gasteiger partial charge is 0.315 e. The number of nitrogens with zero attached hydrogens (tertiary/aromatic N) is 3. The molecule has 0 fully saturated rings. The van der Waals surface area contributed by atoms with Crippen molar-refractivity contribution in [1.29, 1.82) is 0 Å². The van der Waals surface area contributed by atoms with Gasteiger partial charge in [0.1, 0.15) is 6.33 Å². The van der Waals surface area contributed by atoms with Gasteiger partial charge in [0, 0.05) is 20.0 Å². The fraction of sp³-hybridized carbons (Fsp3) is 0.600. The molecule has 1 heterocycles. The molecule has 8 nitrogen and oxygen atoms in total. The predicted molar refractivity (Wildman–Crippen MR) is 62.8 cm³/mol. The van der Waals surface area contributed by atoms with Crippen LogP contribution in [-0.4, -0.2) is 38.4 Å². The Morgan fingerprint density at radius 2 is 2.28 bits per heavy atom. The van der Waals surface area contributed by atoms with E-state index in [1.807, 2.05) is 0 Å². The van der Waals surface area contributed by atoms with Crippen LogP contribution in [0, 0.1) is 0 Å². The van der Waals surface area contributed by atoms with Crippen molar-refractivity contribution < 1.29 is 14.7 Å². The van der Waals surface area contributed by atoms with Gasteiger partial charge in [0.2, 0.25) is 0 Å². The molecule has 0 aliphatic rings. The molecule has 0 aliphatic carbocycles. The molecule has 0 aromatic carbocycles. The molecule has 0 aliphatic heterocycles. The van der Waals surface area contributed by atoms with Crippen LogP contribution in [0.5, 0.6) is 0 Å². The van der Waals surface area contributed by atoms with Crippen LogP contribution in [0.2, 0.25) is 0 Å². The van der Waals surface area contributed by atoms with Crippen LogP contribution in [0.25, 0.3) is 0 Å². The zero-order valence-electron chi connectivity index (χ0n) is 10.4. The zero-order valence-corrected chi connectivity index (χ0v) is 10.4. The summed E-state index contributed by atoms with van der Waals surface area (Å²) < 4.78 is 1.72. The molecule has 1 unspecified atom stereocenters. The second-order valence-corrected chi connectivity index (χ2v) is 3.92. The largest absolute Gasteiger partial charge is 0.481 e. The number of nitrogens with one attached hydrogen (secondary N) is 2. The number of hydrogen-bond donors (Lipinski definition) is 3. The summed E-state index contributed by atoms with van der Waals surface area (Å²) in [5, 5.41) is 21.3. The summed E-state index contributed by atoms with van der Waals surface area (Å²) in [6, 6.07) is -0.618. The van der Waals surface area contributed by atoms with Crippen LogP contribution >= 0.6 is 0 Å². The van der Waals surface area contributed by atoms with Crippen LogP contribution in [0.1, 0.15) is 31.6 Å². The topological polar surface area (TPSA) is 109 Å². The maximum atomic E-state index is 11.5. The monoisotopic (exact) mass is 255 g/mol. The van der Waals surface area contributed by atoms with E-state index in [-0.39, 0.29) is 18.5 Å². The van der Waals surface area contributed by atoms with Crippen molar-refractivity contribution in [1.82, 2.24) is 25.4 Å². The average Bonchev–Trinajstić information content (AvgIpc) is 2.70. The average molecular weight is 255 g/mol. The Bertz CT molecular complexity index is 417. The molecule has 100 valence electrons. The SMILES string of the molecule is CC(NC(=O)NCCCC(=O)O)c1nncn1C. The maximum Gasteiger partial charge on any atom is 0.315 e. The van der Waals surface area contributed by atoms with E-state index in [1.165, 1.54) is 0 Å². The number of hydrogen-bond acceptors (Lipinski definition) is 4. The van der Waals surface area contributed by atoms with Crippen LogP contribution in [0.4, 0.5) is 4.79 Å². The molecule has 18 heavy (non-hydrogen) atoms. The van der Waals surface area contributed by atoms with E-state index < -0.39 is 5.97 Å². The minimum Gasteiger partial charge on any atom is -0.481 e. The second kappa shape index (κ2) is 6.58. The highest BCUT2D eigenvalue weighted by molar-refractivity contribution is 5.74. The Morgan fingerprint density at radius 1 is 1.56 bits per heavy atom. The van der Waals surface area contributed by atoms with E-state index in [0.717, 1.165) is 0 Å². The van der Waals surface area contributed by atoms with E-state index in [9.17, 15) is 9.59 Å². The third kappa shape index (κ3) is 4.40. The van der Waals surface area contributed by atoms with Gasteiger partial charge in [0.15, 0.2) is 5.82 Å². The normalized spacial score (nSPS) is 11.9. The fourth-order valence-corrected chi connectivity index (χ4v) is 1.44. The molecule has 0 spiro atoms. The van der Waals surface area contributed by atoms with Crippen molar-refractivity contribution in [3.63, 3.8) is 0 Å². The molecule has 0 saturated heterocycles. The lowest BCUT2D eigenvalue weighted by atomic mass is 10.3. The van der Waals surface area contributed by atoms with Crippen molar-refractivity contribution in [3.05, 3.63) is 12.2 Å². The Kier molecular flexibility index (Phi) is 5.09. The third-order valence-electron chi connectivity index (χ3n) is 2.33. The first kappa shape index (κ1) is 13.9. The first-order valence-electron chi connectivity index (χ1n) is 5.60. The van der Waals surface area contributed by atoms with E-state index in [0.29, 0.717) is 18.8 Å². The number of aliphatic carboxylic acids is 1. The van der Waals surface area contributed by atoms with Crippen molar-refractivity contribution in [3.8, 4) is 0 Å². The number of rotatable bonds is 6. The molecule has 0 radical (unpaired) electrons. The molecule has 0 bridgehead atoms. The van der Waals surface area contributed by atoms with Crippen LogP contribution in [0.15, 0.2) is 6.33 Å². The molecule has 1 aromatic heterocycles. The summed E-state index contributed by atoms with van der Waals surface area (Å²) in [4.78, 5) is 21.7. The standard InChI is InChI=1S/C10H17N5O3/c1-7(9-14-12-6-15(9)2)13-10(18)11-5-3-4-8(16)17/h6-7H,3-5H2,1-2H3,(H,16,17)(H2,11,13,18). The number of carbonyl (C=O) groups excluding carboxylic acids is 1. The van der Waals surface area contributed by atoms with Gasteiger partial charge < -0.3 is 20.3 Å².